The van der Waals surface area contributed by atoms with Gasteiger partial charge in [0.05, 0.1) is 11.6 Å². The van der Waals surface area contributed by atoms with E-state index in [2.05, 4.69) is 5.92 Å². The predicted molar refractivity (Wildman–Crippen MR) is 45.3 cm³/mol. The van der Waals surface area contributed by atoms with Gasteiger partial charge in [0.25, 0.3) is 0 Å². The molecule has 0 fully saturated rings. The molecule has 0 atom stereocenters. The van der Waals surface area contributed by atoms with Crippen molar-refractivity contribution in [3.05, 3.63) is 34.3 Å². The Bertz CT molecular complexity index is 299. The van der Waals surface area contributed by atoms with E-state index in [9.17, 15) is 0 Å². The van der Waals surface area contributed by atoms with E-state index < -0.39 is 0 Å². The highest BCUT2D eigenvalue weighted by molar-refractivity contribution is 6.32. The lowest BCUT2D eigenvalue weighted by Crippen LogP contribution is -1.86. The molecule has 0 aliphatic rings. The lowest BCUT2D eigenvalue weighted by molar-refractivity contribution is 0.282. The Morgan fingerprint density at radius 3 is 2.82 bits per heavy atom. The number of hydrogen-bond acceptors (Lipinski definition) is 1. The summed E-state index contributed by atoms with van der Waals surface area (Å²) in [4.78, 5) is 0. The van der Waals surface area contributed by atoms with E-state index in [0.717, 1.165) is 0 Å². The molecular formula is C9H7ClO. The first kappa shape index (κ1) is 8.13. The third-order valence-electron chi connectivity index (χ3n) is 1.40. The van der Waals surface area contributed by atoms with E-state index in [1.807, 2.05) is 0 Å². The quantitative estimate of drug-likeness (QED) is 0.631. The van der Waals surface area contributed by atoms with Crippen molar-refractivity contribution in [3.8, 4) is 12.3 Å². The Balaban J connectivity index is 3.23. The summed E-state index contributed by atoms with van der Waals surface area (Å²) in [5.74, 6) is 2.43. The summed E-state index contributed by atoms with van der Waals surface area (Å²) in [7, 11) is 0. The van der Waals surface area contributed by atoms with Gasteiger partial charge in [-0.25, -0.2) is 0 Å². The fraction of sp³-hybridized carbons (Fsp3) is 0.111. The summed E-state index contributed by atoms with van der Waals surface area (Å²) in [6, 6.07) is 5.25. The third kappa shape index (κ3) is 1.54. The Hall–Kier alpha value is -0.970. The van der Waals surface area contributed by atoms with Gasteiger partial charge in [-0.05, 0) is 11.6 Å². The standard InChI is InChI=1S/C9H7ClO/c1-2-7-4-3-5-8(6-11)9(7)10/h1,3-5,11H,6H2. The van der Waals surface area contributed by atoms with Crippen LogP contribution in [0.5, 0.6) is 0 Å². The molecule has 0 aliphatic heterocycles. The average molecular weight is 167 g/mol. The highest BCUT2D eigenvalue weighted by Gasteiger charge is 2.01. The summed E-state index contributed by atoms with van der Waals surface area (Å²) in [6.45, 7) is -0.0750. The Kier molecular flexibility index (Phi) is 2.53. The van der Waals surface area contributed by atoms with E-state index in [0.29, 0.717) is 16.1 Å². The molecule has 56 valence electrons. The van der Waals surface area contributed by atoms with Crippen molar-refractivity contribution < 1.29 is 5.11 Å². The van der Waals surface area contributed by atoms with Gasteiger partial charge >= 0.3 is 0 Å². The van der Waals surface area contributed by atoms with Crippen molar-refractivity contribution in [3.63, 3.8) is 0 Å². The highest BCUT2D eigenvalue weighted by Crippen LogP contribution is 2.19. The molecule has 0 saturated heterocycles. The molecule has 1 aromatic rings. The van der Waals surface area contributed by atoms with Gasteiger partial charge in [-0.2, -0.15) is 0 Å². The largest absolute Gasteiger partial charge is 0.392 e. The van der Waals surface area contributed by atoms with Gasteiger partial charge in [0, 0.05) is 5.56 Å². The van der Waals surface area contributed by atoms with Gasteiger partial charge in [-0.3, -0.25) is 0 Å². The zero-order chi connectivity index (χ0) is 8.27. The first-order valence-corrected chi connectivity index (χ1v) is 3.52. The van der Waals surface area contributed by atoms with Gasteiger partial charge in [0.15, 0.2) is 0 Å². The SMILES string of the molecule is C#Cc1cccc(CO)c1Cl. The maximum absolute atomic E-state index is 8.79. The third-order valence-corrected chi connectivity index (χ3v) is 1.85. The molecular weight excluding hydrogens is 160 g/mol. The second-order valence-corrected chi connectivity index (χ2v) is 2.46. The van der Waals surface area contributed by atoms with Crippen LogP contribution >= 0.6 is 11.6 Å². The topological polar surface area (TPSA) is 20.2 Å². The number of terminal acetylenes is 1. The van der Waals surface area contributed by atoms with Crippen LogP contribution in [-0.4, -0.2) is 5.11 Å². The van der Waals surface area contributed by atoms with Crippen LogP contribution in [0.1, 0.15) is 11.1 Å². The zero-order valence-electron chi connectivity index (χ0n) is 5.84. The molecule has 1 N–H and O–H groups in total. The predicted octanol–water partition coefficient (Wildman–Crippen LogP) is 1.81. The van der Waals surface area contributed by atoms with Crippen LogP contribution in [0.2, 0.25) is 5.02 Å². The van der Waals surface area contributed by atoms with E-state index in [1.54, 1.807) is 18.2 Å². The molecule has 1 aromatic carbocycles. The molecule has 11 heavy (non-hydrogen) atoms. The van der Waals surface area contributed by atoms with Crippen LogP contribution in [0.4, 0.5) is 0 Å². The molecule has 0 bridgehead atoms. The molecule has 1 rings (SSSR count). The monoisotopic (exact) mass is 166 g/mol. The summed E-state index contributed by atoms with van der Waals surface area (Å²) in [6.07, 6.45) is 5.16. The maximum Gasteiger partial charge on any atom is 0.0696 e. The fourth-order valence-electron chi connectivity index (χ4n) is 0.813. The van der Waals surface area contributed by atoms with Crippen LogP contribution in [0.3, 0.4) is 0 Å². The summed E-state index contributed by atoms with van der Waals surface area (Å²) >= 11 is 5.81. The molecule has 0 saturated carbocycles. The number of benzene rings is 1. The van der Waals surface area contributed by atoms with Crippen molar-refractivity contribution in [1.82, 2.24) is 0 Å². The molecule has 1 nitrogen and oxygen atoms in total. The second kappa shape index (κ2) is 3.43. The average Bonchev–Trinajstić information content (AvgIpc) is 2.05. The molecule has 0 amide bonds. The minimum Gasteiger partial charge on any atom is -0.392 e. The second-order valence-electron chi connectivity index (χ2n) is 2.08. The van der Waals surface area contributed by atoms with Gasteiger partial charge in [0.2, 0.25) is 0 Å². The van der Waals surface area contributed by atoms with Gasteiger partial charge in [-0.1, -0.05) is 29.7 Å². The number of hydrogen-bond donors (Lipinski definition) is 1. The van der Waals surface area contributed by atoms with E-state index in [1.165, 1.54) is 0 Å². The Labute approximate surface area is 70.6 Å². The molecule has 0 radical (unpaired) electrons. The summed E-state index contributed by atoms with van der Waals surface area (Å²) < 4.78 is 0. The van der Waals surface area contributed by atoms with Crippen molar-refractivity contribution in [2.45, 2.75) is 6.61 Å². The van der Waals surface area contributed by atoms with Crippen LogP contribution in [0, 0.1) is 12.3 Å². The minimum atomic E-state index is -0.0750. The minimum absolute atomic E-state index is 0.0750. The lowest BCUT2D eigenvalue weighted by Gasteiger charge is -2.00. The van der Waals surface area contributed by atoms with Crippen molar-refractivity contribution >= 4 is 11.6 Å². The lowest BCUT2D eigenvalue weighted by atomic mass is 10.1. The zero-order valence-corrected chi connectivity index (χ0v) is 6.60. The van der Waals surface area contributed by atoms with Gasteiger partial charge in [-0.15, -0.1) is 6.42 Å². The van der Waals surface area contributed by atoms with Crippen molar-refractivity contribution in [1.29, 1.82) is 0 Å². The van der Waals surface area contributed by atoms with Gasteiger partial charge in [0.1, 0.15) is 0 Å². The van der Waals surface area contributed by atoms with Crippen molar-refractivity contribution in [2.24, 2.45) is 0 Å². The van der Waals surface area contributed by atoms with E-state index in [4.69, 9.17) is 23.1 Å². The number of rotatable bonds is 1. The van der Waals surface area contributed by atoms with Crippen LogP contribution in [-0.2, 0) is 6.61 Å². The smallest absolute Gasteiger partial charge is 0.0696 e. The number of aliphatic hydroxyl groups excluding tert-OH is 1. The molecule has 0 aromatic heterocycles. The maximum atomic E-state index is 8.79. The Morgan fingerprint density at radius 1 is 1.55 bits per heavy atom. The first-order chi connectivity index (χ1) is 5.29. The Morgan fingerprint density at radius 2 is 2.27 bits per heavy atom. The molecule has 0 heterocycles. The van der Waals surface area contributed by atoms with Gasteiger partial charge < -0.3 is 5.11 Å². The number of aliphatic hydroxyl groups is 1. The van der Waals surface area contributed by atoms with Crippen LogP contribution < -0.4 is 0 Å². The molecule has 2 heteroatoms. The molecule has 0 aliphatic carbocycles. The summed E-state index contributed by atoms with van der Waals surface area (Å²) in [5, 5.41) is 9.26. The normalized spacial score (nSPS) is 9.18. The molecule has 0 spiro atoms. The highest BCUT2D eigenvalue weighted by atomic mass is 35.5. The fourth-order valence-corrected chi connectivity index (χ4v) is 1.05. The van der Waals surface area contributed by atoms with Crippen LogP contribution in [0.15, 0.2) is 18.2 Å². The van der Waals surface area contributed by atoms with E-state index >= 15 is 0 Å². The summed E-state index contributed by atoms with van der Waals surface area (Å²) in [5.41, 5.74) is 1.29. The molecule has 0 unspecified atom stereocenters. The first-order valence-electron chi connectivity index (χ1n) is 3.14. The van der Waals surface area contributed by atoms with E-state index in [-0.39, 0.29) is 6.61 Å². The van der Waals surface area contributed by atoms with Crippen molar-refractivity contribution in [2.75, 3.05) is 0 Å². The van der Waals surface area contributed by atoms with Crippen LogP contribution in [0.25, 0.3) is 0 Å². The number of halogens is 1.